The molecule has 0 saturated heterocycles. The van der Waals surface area contributed by atoms with E-state index in [2.05, 4.69) is 11.4 Å². The molecule has 0 fully saturated rings. The van der Waals surface area contributed by atoms with E-state index in [9.17, 15) is 14.6 Å². The number of aliphatic hydroxyl groups is 1. The van der Waals surface area contributed by atoms with E-state index in [1.54, 1.807) is 24.3 Å². The van der Waals surface area contributed by atoms with Crippen molar-refractivity contribution in [2.24, 2.45) is 5.73 Å². The molecule has 0 bridgehead atoms. The number of unbranched alkanes of at least 4 members (excludes halogenated alkanes) is 3. The number of hydrogen-bond acceptors (Lipinski definition) is 6. The molecule has 1 unspecified atom stereocenters. The molecule has 0 aromatic heterocycles. The van der Waals surface area contributed by atoms with Gasteiger partial charge in [0.05, 0.1) is 25.4 Å². The van der Waals surface area contributed by atoms with Gasteiger partial charge in [-0.05, 0) is 30.5 Å². The van der Waals surface area contributed by atoms with E-state index in [-0.39, 0.29) is 6.42 Å². The van der Waals surface area contributed by atoms with Crippen molar-refractivity contribution in [1.82, 2.24) is 0 Å². The molecule has 0 aliphatic rings. The Labute approximate surface area is 143 Å². The average molecular weight is 360 g/mol. The third-order valence-corrected chi connectivity index (χ3v) is 4.03. The first-order chi connectivity index (χ1) is 11.3. The Morgan fingerprint density at radius 3 is 2.46 bits per heavy atom. The van der Waals surface area contributed by atoms with E-state index in [0.717, 1.165) is 24.2 Å². The predicted octanol–water partition coefficient (Wildman–Crippen LogP) is 1.36. The smallest absolute Gasteiger partial charge is 0.265 e. The lowest BCUT2D eigenvalue weighted by Crippen LogP contribution is -2.50. The van der Waals surface area contributed by atoms with Gasteiger partial charge in [0, 0.05) is 0 Å². The summed E-state index contributed by atoms with van der Waals surface area (Å²) in [7, 11) is -4.87. The first-order valence-corrected chi connectivity index (χ1v) is 9.57. The number of benzene rings is 1. The highest BCUT2D eigenvalue weighted by Gasteiger charge is 2.26. The molecule has 24 heavy (non-hydrogen) atoms. The fourth-order valence-electron chi connectivity index (χ4n) is 2.19. The molecule has 0 heterocycles. The van der Waals surface area contributed by atoms with Gasteiger partial charge in [-0.2, -0.15) is 0 Å². The maximum Gasteiger partial charge on any atom is 0.265 e. The van der Waals surface area contributed by atoms with Crippen LogP contribution >= 0.6 is 7.82 Å². The Morgan fingerprint density at radius 2 is 1.92 bits per heavy atom. The molecule has 1 aromatic carbocycles. The lowest BCUT2D eigenvalue weighted by atomic mass is 9.93. The van der Waals surface area contributed by atoms with Crippen molar-refractivity contribution in [3.05, 3.63) is 29.8 Å². The van der Waals surface area contributed by atoms with Gasteiger partial charge < -0.3 is 29.9 Å². The number of hydrogen-bond donors (Lipinski definition) is 3. The summed E-state index contributed by atoms with van der Waals surface area (Å²) in [4.78, 5) is 19.3. The molecule has 138 valence electrons. The summed E-state index contributed by atoms with van der Waals surface area (Å²) < 4.78 is 20.6. The van der Waals surface area contributed by atoms with Gasteiger partial charge in [0.1, 0.15) is 5.75 Å². The van der Waals surface area contributed by atoms with Crippen LogP contribution in [0.5, 0.6) is 5.75 Å². The molecule has 2 atom stereocenters. The number of nitrogens with two attached hydrogens (primary N) is 1. The molecule has 0 aliphatic carbocycles. The summed E-state index contributed by atoms with van der Waals surface area (Å²) >= 11 is 0. The Hall–Kier alpha value is -0.950. The van der Waals surface area contributed by atoms with Crippen LogP contribution in [-0.2, 0) is 15.5 Å². The molecule has 0 saturated carbocycles. The Kier molecular flexibility index (Phi) is 8.91. The minimum atomic E-state index is -4.87. The van der Waals surface area contributed by atoms with Gasteiger partial charge in [-0.3, -0.25) is 4.57 Å². The first kappa shape index (κ1) is 21.1. The summed E-state index contributed by atoms with van der Waals surface area (Å²) in [5.41, 5.74) is 5.42. The van der Waals surface area contributed by atoms with E-state index in [4.69, 9.17) is 15.4 Å². The van der Waals surface area contributed by atoms with Crippen molar-refractivity contribution in [2.75, 3.05) is 19.8 Å². The number of phosphoric acid groups is 1. The standard InChI is InChI=1S/C16H28NO6P/c1-2-3-4-5-10-22-15-8-6-14(7-9-15)11-16(17,12-18)13-23-24(19,20)21/h6-9,18H,2-5,10-13,17H2,1H3,(H2,19,20,21)/p-1/t16-/m1/s1. The zero-order valence-electron chi connectivity index (χ0n) is 14.0. The van der Waals surface area contributed by atoms with Crippen molar-refractivity contribution >= 4 is 7.82 Å². The second kappa shape index (κ2) is 10.1. The Bertz CT molecular complexity index is 518. The SMILES string of the molecule is CCCCCCOc1ccc(C[C@@](N)(CO)COP(=O)([O-])O)cc1. The monoisotopic (exact) mass is 360 g/mol. The Balaban J connectivity index is 2.50. The van der Waals surface area contributed by atoms with E-state index in [0.29, 0.717) is 6.61 Å². The lowest BCUT2D eigenvalue weighted by Gasteiger charge is -2.29. The topological polar surface area (TPSA) is 125 Å². The van der Waals surface area contributed by atoms with Gasteiger partial charge in [0.15, 0.2) is 0 Å². The van der Waals surface area contributed by atoms with E-state index < -0.39 is 26.6 Å². The molecule has 0 aliphatic heterocycles. The van der Waals surface area contributed by atoms with Gasteiger partial charge in [0.25, 0.3) is 7.82 Å². The summed E-state index contributed by atoms with van der Waals surface area (Å²) in [6.07, 6.45) is 4.74. The van der Waals surface area contributed by atoms with Crippen molar-refractivity contribution < 1.29 is 28.7 Å². The summed E-state index contributed by atoms with van der Waals surface area (Å²) in [5.74, 6) is 0.748. The minimum Gasteiger partial charge on any atom is -0.756 e. The molecular weight excluding hydrogens is 333 g/mol. The zero-order chi connectivity index (χ0) is 18.1. The molecule has 1 aromatic rings. The predicted molar refractivity (Wildman–Crippen MR) is 89.6 cm³/mol. The maximum absolute atomic E-state index is 10.7. The van der Waals surface area contributed by atoms with Crippen LogP contribution in [0.15, 0.2) is 24.3 Å². The highest BCUT2D eigenvalue weighted by molar-refractivity contribution is 7.44. The van der Waals surface area contributed by atoms with Crippen LogP contribution in [0.4, 0.5) is 0 Å². The van der Waals surface area contributed by atoms with E-state index in [1.807, 2.05) is 0 Å². The molecule has 1 rings (SSSR count). The van der Waals surface area contributed by atoms with Gasteiger partial charge in [-0.1, -0.05) is 38.3 Å². The second-order valence-electron chi connectivity index (χ2n) is 5.99. The molecule has 4 N–H and O–H groups in total. The quantitative estimate of drug-likeness (QED) is 0.379. The van der Waals surface area contributed by atoms with Crippen molar-refractivity contribution in [2.45, 2.75) is 44.6 Å². The third-order valence-electron chi connectivity index (χ3n) is 3.58. The van der Waals surface area contributed by atoms with Gasteiger partial charge in [-0.15, -0.1) is 0 Å². The first-order valence-electron chi connectivity index (χ1n) is 8.08. The highest BCUT2D eigenvalue weighted by Crippen LogP contribution is 2.31. The zero-order valence-corrected chi connectivity index (χ0v) is 14.9. The third kappa shape index (κ3) is 8.78. The number of ether oxygens (including phenoxy) is 1. The molecular formula is C16H27NO6P-. The van der Waals surface area contributed by atoms with E-state index >= 15 is 0 Å². The fourth-order valence-corrected chi connectivity index (χ4v) is 2.61. The van der Waals surface area contributed by atoms with Crippen LogP contribution in [0.2, 0.25) is 0 Å². The molecule has 7 nitrogen and oxygen atoms in total. The lowest BCUT2D eigenvalue weighted by molar-refractivity contribution is -0.221. The van der Waals surface area contributed by atoms with E-state index in [1.165, 1.54) is 12.8 Å². The number of aliphatic hydroxyl groups excluding tert-OH is 1. The second-order valence-corrected chi connectivity index (χ2v) is 7.19. The normalized spacial score (nSPS) is 16.4. The minimum absolute atomic E-state index is 0.195. The highest BCUT2D eigenvalue weighted by atomic mass is 31.2. The van der Waals surface area contributed by atoms with Crippen LogP contribution in [0.3, 0.4) is 0 Å². The number of rotatable bonds is 12. The van der Waals surface area contributed by atoms with Crippen molar-refractivity contribution in [3.8, 4) is 5.75 Å². The average Bonchev–Trinajstić information content (AvgIpc) is 2.54. The van der Waals surface area contributed by atoms with Crippen LogP contribution in [0.25, 0.3) is 0 Å². The van der Waals surface area contributed by atoms with Crippen LogP contribution in [0, 0.1) is 0 Å². The molecule has 0 amide bonds. The van der Waals surface area contributed by atoms with Gasteiger partial charge >= 0.3 is 0 Å². The van der Waals surface area contributed by atoms with Crippen LogP contribution in [-0.4, -0.2) is 35.4 Å². The Morgan fingerprint density at radius 1 is 1.25 bits per heavy atom. The summed E-state index contributed by atoms with van der Waals surface area (Å²) in [6, 6.07) is 7.21. The van der Waals surface area contributed by atoms with Crippen LogP contribution < -0.4 is 15.4 Å². The van der Waals surface area contributed by atoms with Crippen molar-refractivity contribution in [3.63, 3.8) is 0 Å². The molecule has 8 heteroatoms. The summed E-state index contributed by atoms with van der Waals surface area (Å²) in [5, 5.41) is 9.38. The molecule has 0 radical (unpaired) electrons. The van der Waals surface area contributed by atoms with Crippen LogP contribution in [0.1, 0.15) is 38.2 Å². The largest absolute Gasteiger partial charge is 0.756 e. The summed E-state index contributed by atoms with van der Waals surface area (Å²) in [6.45, 7) is 1.84. The fraction of sp³-hybridized carbons (Fsp3) is 0.625. The molecule has 0 spiro atoms. The van der Waals surface area contributed by atoms with Crippen molar-refractivity contribution in [1.29, 1.82) is 0 Å². The van der Waals surface area contributed by atoms with Gasteiger partial charge in [-0.25, -0.2) is 0 Å². The maximum atomic E-state index is 10.7. The number of phosphoric ester groups is 1. The van der Waals surface area contributed by atoms with Gasteiger partial charge in [0.2, 0.25) is 0 Å².